The summed E-state index contributed by atoms with van der Waals surface area (Å²) >= 11 is 1.56. The molecule has 1 aliphatic heterocycles. The minimum atomic E-state index is -2.80. The summed E-state index contributed by atoms with van der Waals surface area (Å²) in [6, 6.07) is 0. The van der Waals surface area contributed by atoms with Crippen LogP contribution in [0.3, 0.4) is 0 Å². The third kappa shape index (κ3) is 2.68. The lowest BCUT2D eigenvalue weighted by Crippen LogP contribution is -2.24. The summed E-state index contributed by atoms with van der Waals surface area (Å²) < 4.78 is 30.1. The van der Waals surface area contributed by atoms with Crippen LogP contribution in [-0.4, -0.2) is 43.0 Å². The molecular weight excluding hydrogens is 298 g/mol. The highest BCUT2D eigenvalue weighted by molar-refractivity contribution is 7.91. The van der Waals surface area contributed by atoms with Gasteiger partial charge in [0.25, 0.3) is 0 Å². The monoisotopic (exact) mass is 315 g/mol. The molecule has 0 aromatic carbocycles. The molecule has 1 atom stereocenters. The molecule has 3 rings (SSSR count). The second kappa shape index (κ2) is 5.34. The third-order valence-electron chi connectivity index (χ3n) is 3.57. The number of nitrogens with one attached hydrogen (secondary N) is 1. The van der Waals surface area contributed by atoms with E-state index in [0.29, 0.717) is 30.5 Å². The summed E-state index contributed by atoms with van der Waals surface area (Å²) in [5, 5.41) is 5.30. The van der Waals surface area contributed by atoms with Crippen molar-refractivity contribution in [2.24, 2.45) is 5.92 Å². The SMILES string of the molecule is COc1nc2sccn2c1CNCC1CCS(=O)(=O)C1. The number of imidazole rings is 1. The Hall–Kier alpha value is -1.12. The Morgan fingerprint density at radius 3 is 3.15 bits per heavy atom. The lowest BCUT2D eigenvalue weighted by atomic mass is 10.1. The van der Waals surface area contributed by atoms with Gasteiger partial charge >= 0.3 is 0 Å². The first-order chi connectivity index (χ1) is 9.59. The minimum Gasteiger partial charge on any atom is -0.480 e. The Labute approximate surface area is 121 Å². The van der Waals surface area contributed by atoms with E-state index < -0.39 is 9.84 Å². The van der Waals surface area contributed by atoms with Gasteiger partial charge in [0.15, 0.2) is 14.8 Å². The molecule has 8 heteroatoms. The largest absolute Gasteiger partial charge is 0.480 e. The molecule has 0 saturated carbocycles. The van der Waals surface area contributed by atoms with E-state index >= 15 is 0 Å². The van der Waals surface area contributed by atoms with Crippen LogP contribution in [0.5, 0.6) is 5.88 Å². The summed E-state index contributed by atoms with van der Waals surface area (Å²) in [5.74, 6) is 1.47. The number of fused-ring (bicyclic) bond motifs is 1. The smallest absolute Gasteiger partial charge is 0.237 e. The van der Waals surface area contributed by atoms with E-state index in [1.165, 1.54) is 0 Å². The maximum absolute atomic E-state index is 11.4. The van der Waals surface area contributed by atoms with E-state index in [1.54, 1.807) is 18.4 Å². The van der Waals surface area contributed by atoms with Crippen molar-refractivity contribution in [3.8, 4) is 5.88 Å². The average Bonchev–Trinajstić information content (AvgIpc) is 3.05. The molecule has 6 nitrogen and oxygen atoms in total. The van der Waals surface area contributed by atoms with Gasteiger partial charge in [-0.25, -0.2) is 8.42 Å². The highest BCUT2D eigenvalue weighted by Gasteiger charge is 2.27. The Morgan fingerprint density at radius 2 is 2.45 bits per heavy atom. The van der Waals surface area contributed by atoms with Crippen LogP contribution in [0.2, 0.25) is 0 Å². The summed E-state index contributed by atoms with van der Waals surface area (Å²) in [7, 11) is -1.19. The van der Waals surface area contributed by atoms with E-state index in [9.17, 15) is 8.42 Å². The summed E-state index contributed by atoms with van der Waals surface area (Å²) in [4.78, 5) is 5.29. The molecule has 0 radical (unpaired) electrons. The fourth-order valence-corrected chi connectivity index (χ4v) is 5.15. The second-order valence-corrected chi connectivity index (χ2v) is 8.13. The number of sulfone groups is 1. The van der Waals surface area contributed by atoms with Crippen LogP contribution in [0.4, 0.5) is 0 Å². The number of thiazole rings is 1. The van der Waals surface area contributed by atoms with Crippen molar-refractivity contribution in [1.82, 2.24) is 14.7 Å². The van der Waals surface area contributed by atoms with Crippen molar-refractivity contribution >= 4 is 26.1 Å². The van der Waals surface area contributed by atoms with Crippen molar-refractivity contribution in [2.75, 3.05) is 25.2 Å². The normalized spacial score (nSPS) is 21.6. The van der Waals surface area contributed by atoms with E-state index in [-0.39, 0.29) is 5.92 Å². The first-order valence-corrected chi connectivity index (χ1v) is 9.19. The molecule has 0 aliphatic carbocycles. The Morgan fingerprint density at radius 1 is 1.60 bits per heavy atom. The first-order valence-electron chi connectivity index (χ1n) is 6.48. The predicted octanol–water partition coefficient (Wildman–Crippen LogP) is 0.929. The Bertz CT molecular complexity index is 705. The number of methoxy groups -OCH3 is 1. The number of hydrogen-bond acceptors (Lipinski definition) is 6. The van der Waals surface area contributed by atoms with Gasteiger partial charge < -0.3 is 10.1 Å². The quantitative estimate of drug-likeness (QED) is 0.888. The van der Waals surface area contributed by atoms with Crippen LogP contribution in [0, 0.1) is 5.92 Å². The van der Waals surface area contributed by atoms with Crippen molar-refractivity contribution in [3.05, 3.63) is 17.3 Å². The van der Waals surface area contributed by atoms with Gasteiger partial charge in [0.1, 0.15) is 5.69 Å². The molecule has 2 aromatic rings. The summed E-state index contributed by atoms with van der Waals surface area (Å²) in [5.41, 5.74) is 0.976. The minimum absolute atomic E-state index is 0.219. The number of nitrogens with zero attached hydrogens (tertiary/aromatic N) is 2. The van der Waals surface area contributed by atoms with Gasteiger partial charge in [-0.2, -0.15) is 4.98 Å². The van der Waals surface area contributed by atoms with Gasteiger partial charge in [0, 0.05) is 18.1 Å². The molecule has 1 aliphatic rings. The summed E-state index contributed by atoms with van der Waals surface area (Å²) in [6.45, 7) is 1.33. The van der Waals surface area contributed by atoms with E-state index in [0.717, 1.165) is 17.1 Å². The molecule has 110 valence electrons. The first kappa shape index (κ1) is 13.8. The number of hydrogen-bond donors (Lipinski definition) is 1. The van der Waals surface area contributed by atoms with Crippen LogP contribution in [0.25, 0.3) is 4.96 Å². The second-order valence-electron chi connectivity index (χ2n) is 5.02. The maximum atomic E-state index is 11.4. The number of aromatic nitrogens is 2. The van der Waals surface area contributed by atoms with Gasteiger partial charge in [0.05, 0.1) is 18.6 Å². The molecular formula is C12H17N3O3S2. The highest BCUT2D eigenvalue weighted by Crippen LogP contribution is 2.23. The topological polar surface area (TPSA) is 72.7 Å². The molecule has 1 saturated heterocycles. The van der Waals surface area contributed by atoms with Gasteiger partial charge in [-0.15, -0.1) is 11.3 Å². The lowest BCUT2D eigenvalue weighted by Gasteiger charge is -2.09. The van der Waals surface area contributed by atoms with Gasteiger partial charge in [-0.3, -0.25) is 4.40 Å². The lowest BCUT2D eigenvalue weighted by molar-refractivity contribution is 0.391. The van der Waals surface area contributed by atoms with Gasteiger partial charge in [-0.1, -0.05) is 0 Å². The molecule has 1 N–H and O–H groups in total. The van der Waals surface area contributed by atoms with Crippen LogP contribution in [0.15, 0.2) is 11.6 Å². The summed E-state index contributed by atoms with van der Waals surface area (Å²) in [6.07, 6.45) is 2.72. The van der Waals surface area contributed by atoms with Crippen molar-refractivity contribution in [2.45, 2.75) is 13.0 Å². The zero-order valence-electron chi connectivity index (χ0n) is 11.2. The average molecular weight is 315 g/mol. The zero-order chi connectivity index (χ0) is 14.2. The zero-order valence-corrected chi connectivity index (χ0v) is 12.8. The predicted molar refractivity (Wildman–Crippen MR) is 78.1 cm³/mol. The Balaban J connectivity index is 1.64. The number of rotatable bonds is 5. The van der Waals surface area contributed by atoms with E-state index in [1.807, 2.05) is 16.0 Å². The van der Waals surface area contributed by atoms with Crippen molar-refractivity contribution in [3.63, 3.8) is 0 Å². The van der Waals surface area contributed by atoms with Crippen molar-refractivity contribution in [1.29, 1.82) is 0 Å². The van der Waals surface area contributed by atoms with Gasteiger partial charge in [-0.05, 0) is 18.9 Å². The number of ether oxygens (including phenoxy) is 1. The molecule has 1 unspecified atom stereocenters. The Kier molecular flexibility index (Phi) is 3.70. The van der Waals surface area contributed by atoms with Crippen molar-refractivity contribution < 1.29 is 13.2 Å². The molecule has 0 amide bonds. The fourth-order valence-electron chi connectivity index (χ4n) is 2.56. The van der Waals surface area contributed by atoms with Crippen LogP contribution < -0.4 is 10.1 Å². The van der Waals surface area contributed by atoms with Crippen LogP contribution in [0.1, 0.15) is 12.1 Å². The molecule has 0 spiro atoms. The van der Waals surface area contributed by atoms with Crippen LogP contribution in [-0.2, 0) is 16.4 Å². The third-order valence-corrected chi connectivity index (χ3v) is 6.16. The van der Waals surface area contributed by atoms with Gasteiger partial charge in [0.2, 0.25) is 5.88 Å². The molecule has 1 fully saturated rings. The molecule has 3 heterocycles. The highest BCUT2D eigenvalue weighted by atomic mass is 32.2. The molecule has 2 aromatic heterocycles. The standard InChI is InChI=1S/C12H17N3O3S2/c1-18-11-10(15-3-4-19-12(15)14-11)7-13-6-9-2-5-20(16,17)8-9/h3-4,9,13H,2,5-8H2,1H3. The van der Waals surface area contributed by atoms with Crippen LogP contribution >= 0.6 is 11.3 Å². The van der Waals surface area contributed by atoms with E-state index in [4.69, 9.17) is 4.74 Å². The molecule has 0 bridgehead atoms. The fraction of sp³-hybridized carbons (Fsp3) is 0.583. The van der Waals surface area contributed by atoms with E-state index in [2.05, 4.69) is 10.3 Å². The molecule has 20 heavy (non-hydrogen) atoms. The maximum Gasteiger partial charge on any atom is 0.237 e.